The lowest BCUT2D eigenvalue weighted by Gasteiger charge is -2.44. The molecule has 0 heterocycles. The van der Waals surface area contributed by atoms with E-state index >= 15 is 0 Å². The average molecular weight is 502 g/mol. The molecule has 0 aromatic heterocycles. The van der Waals surface area contributed by atoms with Crippen LogP contribution in [0.5, 0.6) is 0 Å². The largest absolute Gasteiger partial charge is 0.446 e. The second kappa shape index (κ2) is 12.8. The van der Waals surface area contributed by atoms with Gasteiger partial charge >= 0.3 is 6.09 Å². The number of fused-ring (bicyclic) bond motifs is 1. The number of hydrogen-bond donors (Lipinski definition) is 3. The predicted molar refractivity (Wildman–Crippen MR) is 147 cm³/mol. The summed E-state index contributed by atoms with van der Waals surface area (Å²) in [6.07, 6.45) is 16.6. The molecule has 0 unspecified atom stereocenters. The first-order chi connectivity index (χ1) is 17.0. The molecule has 0 aromatic rings. The Balaban J connectivity index is 1.62. The van der Waals surface area contributed by atoms with Crippen LogP contribution in [0.2, 0.25) is 0 Å². The van der Waals surface area contributed by atoms with Crippen LogP contribution in [-0.2, 0) is 4.74 Å². The van der Waals surface area contributed by atoms with Gasteiger partial charge in [0.25, 0.3) is 0 Å². The number of aliphatic hydroxyl groups is 2. The van der Waals surface area contributed by atoms with Crippen LogP contribution < -0.4 is 5.32 Å². The molecule has 3 aliphatic rings. The van der Waals surface area contributed by atoms with E-state index in [0.717, 1.165) is 43.6 Å². The molecule has 0 aliphatic heterocycles. The monoisotopic (exact) mass is 501 g/mol. The summed E-state index contributed by atoms with van der Waals surface area (Å²) in [7, 11) is 0. The van der Waals surface area contributed by atoms with E-state index in [9.17, 15) is 9.90 Å². The van der Waals surface area contributed by atoms with Gasteiger partial charge in [0.05, 0.1) is 5.60 Å². The van der Waals surface area contributed by atoms with Crippen molar-refractivity contribution in [3.8, 4) is 0 Å². The van der Waals surface area contributed by atoms with Crippen LogP contribution in [0.3, 0.4) is 0 Å². The number of alkyl carbamates (subject to hydrolysis) is 1. The molecule has 0 bridgehead atoms. The van der Waals surface area contributed by atoms with Crippen molar-refractivity contribution in [1.29, 1.82) is 0 Å². The summed E-state index contributed by atoms with van der Waals surface area (Å²) < 4.78 is 5.64. The normalized spacial score (nSPS) is 31.9. The Morgan fingerprint density at radius 3 is 2.75 bits per heavy atom. The molecule has 1 amide bonds. The smallest absolute Gasteiger partial charge is 0.407 e. The summed E-state index contributed by atoms with van der Waals surface area (Å²) in [5.41, 5.74) is 3.78. The fourth-order valence-corrected chi connectivity index (χ4v) is 7.22. The lowest BCUT2D eigenvalue weighted by Crippen LogP contribution is -2.36. The SMILES string of the molecule is C=C1CC[C@H](OC(=O)NCCCO)C/C1=C/C=C1\CCC[C@]2(C)[C@@H]([C@H](C)CCCC(C)(C)O)CC[C@@H]12. The molecule has 3 N–H and O–H groups in total. The molecular formula is C31H51NO4. The number of aliphatic hydroxyl groups excluding tert-OH is 1. The number of carbonyl (C=O) groups is 1. The van der Waals surface area contributed by atoms with Gasteiger partial charge in [-0.25, -0.2) is 4.79 Å². The number of ether oxygens (including phenoxy) is 1. The second-order valence-corrected chi connectivity index (χ2v) is 12.6. The van der Waals surface area contributed by atoms with Gasteiger partial charge < -0.3 is 20.3 Å². The fraction of sp³-hybridized carbons (Fsp3) is 0.774. The summed E-state index contributed by atoms with van der Waals surface area (Å²) >= 11 is 0. The average Bonchev–Trinajstić information content (AvgIpc) is 3.16. The van der Waals surface area contributed by atoms with Crippen molar-refractivity contribution in [2.45, 2.75) is 116 Å². The molecule has 204 valence electrons. The van der Waals surface area contributed by atoms with E-state index in [4.69, 9.17) is 9.84 Å². The summed E-state index contributed by atoms with van der Waals surface area (Å²) in [6.45, 7) is 13.6. The van der Waals surface area contributed by atoms with Gasteiger partial charge in [0.15, 0.2) is 0 Å². The highest BCUT2D eigenvalue weighted by Crippen LogP contribution is 2.60. The van der Waals surface area contributed by atoms with Crippen molar-refractivity contribution in [3.05, 3.63) is 35.5 Å². The van der Waals surface area contributed by atoms with Crippen LogP contribution in [0.15, 0.2) is 35.5 Å². The van der Waals surface area contributed by atoms with Crippen LogP contribution >= 0.6 is 0 Å². The van der Waals surface area contributed by atoms with E-state index < -0.39 is 11.7 Å². The summed E-state index contributed by atoms with van der Waals surface area (Å²) in [6, 6.07) is 0. The van der Waals surface area contributed by atoms with Crippen molar-refractivity contribution < 1.29 is 19.7 Å². The molecule has 0 saturated heterocycles. The minimum absolute atomic E-state index is 0.0623. The zero-order chi connectivity index (χ0) is 26.3. The molecule has 0 spiro atoms. The van der Waals surface area contributed by atoms with Gasteiger partial charge in [-0.15, -0.1) is 0 Å². The summed E-state index contributed by atoms with van der Waals surface area (Å²) in [5.74, 6) is 2.11. The highest BCUT2D eigenvalue weighted by atomic mass is 16.6. The Kier molecular flexibility index (Phi) is 10.3. The van der Waals surface area contributed by atoms with E-state index in [1.807, 2.05) is 13.8 Å². The first kappa shape index (κ1) is 29.0. The van der Waals surface area contributed by atoms with Gasteiger partial charge in [-0.1, -0.05) is 56.6 Å². The number of allylic oxidation sites excluding steroid dienone is 4. The van der Waals surface area contributed by atoms with E-state index in [0.29, 0.717) is 30.2 Å². The van der Waals surface area contributed by atoms with Gasteiger partial charge in [0, 0.05) is 19.6 Å². The zero-order valence-corrected chi connectivity index (χ0v) is 23.3. The maximum atomic E-state index is 12.1. The molecule has 5 heteroatoms. The number of carbonyl (C=O) groups excluding carboxylic acids is 1. The van der Waals surface area contributed by atoms with Crippen LogP contribution in [0.25, 0.3) is 0 Å². The quantitative estimate of drug-likeness (QED) is 0.286. The van der Waals surface area contributed by atoms with Crippen molar-refractivity contribution in [3.63, 3.8) is 0 Å². The van der Waals surface area contributed by atoms with Crippen molar-refractivity contribution >= 4 is 6.09 Å². The Labute approximate surface area is 219 Å². The maximum Gasteiger partial charge on any atom is 0.407 e. The lowest BCUT2D eigenvalue weighted by atomic mass is 9.60. The number of hydrogen-bond acceptors (Lipinski definition) is 4. The highest BCUT2D eigenvalue weighted by molar-refractivity contribution is 5.67. The first-order valence-electron chi connectivity index (χ1n) is 14.4. The van der Waals surface area contributed by atoms with Gasteiger partial charge in [-0.3, -0.25) is 0 Å². The molecule has 0 radical (unpaired) electrons. The molecule has 5 nitrogen and oxygen atoms in total. The predicted octanol–water partition coefficient (Wildman–Crippen LogP) is 6.85. The van der Waals surface area contributed by atoms with Crippen LogP contribution in [-0.4, -0.2) is 41.2 Å². The fourth-order valence-electron chi connectivity index (χ4n) is 7.22. The number of rotatable bonds is 10. The molecule has 3 aliphatic carbocycles. The molecule has 3 saturated carbocycles. The van der Waals surface area contributed by atoms with E-state index in [2.05, 4.69) is 37.9 Å². The Morgan fingerprint density at radius 1 is 1.25 bits per heavy atom. The number of amides is 1. The molecule has 0 aromatic carbocycles. The minimum Gasteiger partial charge on any atom is -0.446 e. The standard InChI is InChI=1S/C31H51NO4/c1-22-11-14-26(36-29(34)32-19-8-20-33)21-25(22)13-12-24-10-7-18-31(5)27(15-16-28(24)31)23(2)9-6-17-30(3,4)35/h12-13,23,26-28,33,35H,1,6-11,14-21H2,2-5H3,(H,32,34)/b24-12+,25-13-/t23-,26+,27-,28+,31-/m1/s1. The maximum absolute atomic E-state index is 12.1. The van der Waals surface area contributed by atoms with E-state index in [1.165, 1.54) is 44.1 Å². The van der Waals surface area contributed by atoms with Gasteiger partial charge in [-0.2, -0.15) is 0 Å². The van der Waals surface area contributed by atoms with Crippen LogP contribution in [0.4, 0.5) is 4.79 Å². The van der Waals surface area contributed by atoms with E-state index in [1.54, 1.807) is 5.57 Å². The molecule has 3 rings (SSSR count). The highest BCUT2D eigenvalue weighted by Gasteiger charge is 2.50. The third-order valence-electron chi connectivity index (χ3n) is 9.22. The lowest BCUT2D eigenvalue weighted by molar-refractivity contribution is 0.0596. The first-order valence-corrected chi connectivity index (χ1v) is 14.4. The van der Waals surface area contributed by atoms with Gasteiger partial charge in [-0.05, 0) is 100 Å². The third kappa shape index (κ3) is 7.71. The van der Waals surface area contributed by atoms with Crippen molar-refractivity contribution in [2.24, 2.45) is 23.2 Å². The van der Waals surface area contributed by atoms with Gasteiger partial charge in [0.1, 0.15) is 6.10 Å². The Morgan fingerprint density at radius 2 is 2.03 bits per heavy atom. The zero-order valence-electron chi connectivity index (χ0n) is 23.3. The topological polar surface area (TPSA) is 78.8 Å². The third-order valence-corrected chi connectivity index (χ3v) is 9.22. The Bertz CT molecular complexity index is 823. The number of nitrogens with one attached hydrogen (secondary N) is 1. The summed E-state index contributed by atoms with van der Waals surface area (Å²) in [4.78, 5) is 12.1. The van der Waals surface area contributed by atoms with Crippen LogP contribution in [0, 0.1) is 23.2 Å². The van der Waals surface area contributed by atoms with Crippen molar-refractivity contribution in [1.82, 2.24) is 5.32 Å². The second-order valence-electron chi connectivity index (χ2n) is 12.6. The molecular weight excluding hydrogens is 450 g/mol. The van der Waals surface area contributed by atoms with Crippen molar-refractivity contribution in [2.75, 3.05) is 13.2 Å². The Hall–Kier alpha value is -1.59. The van der Waals surface area contributed by atoms with E-state index in [-0.39, 0.29) is 12.7 Å². The van der Waals surface area contributed by atoms with Gasteiger partial charge in [0.2, 0.25) is 0 Å². The molecule has 36 heavy (non-hydrogen) atoms. The molecule has 3 fully saturated rings. The molecule has 5 atom stereocenters. The minimum atomic E-state index is -0.563. The van der Waals surface area contributed by atoms with Crippen LogP contribution in [0.1, 0.15) is 105 Å². The summed E-state index contributed by atoms with van der Waals surface area (Å²) in [5, 5.41) is 21.7.